The molecule has 1 aliphatic rings. The van der Waals surface area contributed by atoms with Crippen molar-refractivity contribution in [2.24, 2.45) is 5.10 Å². The maximum atomic E-state index is 5.36. The number of rotatable bonds is 8. The van der Waals surface area contributed by atoms with Crippen LogP contribution in [0.4, 0.5) is 0 Å². The molecule has 0 saturated heterocycles. The molecule has 1 aliphatic heterocycles. The van der Waals surface area contributed by atoms with Crippen molar-refractivity contribution in [3.8, 4) is 17.2 Å². The molecule has 2 rings (SSSR count). The van der Waals surface area contributed by atoms with Crippen LogP contribution >= 0.6 is 12.2 Å². The summed E-state index contributed by atoms with van der Waals surface area (Å²) in [6.07, 6.45) is 2.53. The van der Waals surface area contributed by atoms with E-state index in [1.807, 2.05) is 19.1 Å². The van der Waals surface area contributed by atoms with E-state index in [9.17, 15) is 0 Å². The van der Waals surface area contributed by atoms with Crippen molar-refractivity contribution in [2.75, 3.05) is 33.7 Å². The Balaban J connectivity index is 1.80. The minimum atomic E-state index is 0.195. The summed E-state index contributed by atoms with van der Waals surface area (Å²) in [5.41, 5.74) is 3.58. The van der Waals surface area contributed by atoms with E-state index in [0.717, 1.165) is 25.1 Å². The zero-order chi connectivity index (χ0) is 16.5. The second-order valence-electron chi connectivity index (χ2n) is 4.63. The number of ether oxygens (including phenoxy) is 4. The summed E-state index contributed by atoms with van der Waals surface area (Å²) in [5.74, 6) is 1.87. The molecular weight excluding hydrogens is 318 g/mol. The summed E-state index contributed by atoms with van der Waals surface area (Å²) in [6.45, 7) is 4.34. The van der Waals surface area contributed by atoms with E-state index in [0.29, 0.717) is 29.0 Å². The maximum Gasteiger partial charge on any atom is 0.231 e. The predicted molar refractivity (Wildman–Crippen MR) is 91.6 cm³/mol. The Morgan fingerprint density at radius 3 is 3.09 bits per heavy atom. The van der Waals surface area contributed by atoms with Crippen LogP contribution in [0, 0.1) is 0 Å². The van der Waals surface area contributed by atoms with Crippen molar-refractivity contribution in [1.82, 2.24) is 10.7 Å². The van der Waals surface area contributed by atoms with Gasteiger partial charge in [0, 0.05) is 25.3 Å². The first kappa shape index (κ1) is 17.3. The fourth-order valence-corrected chi connectivity index (χ4v) is 2.10. The van der Waals surface area contributed by atoms with Gasteiger partial charge >= 0.3 is 0 Å². The molecule has 8 heteroatoms. The van der Waals surface area contributed by atoms with Gasteiger partial charge in [0.2, 0.25) is 12.5 Å². The molecule has 0 unspecified atom stereocenters. The van der Waals surface area contributed by atoms with E-state index < -0.39 is 0 Å². The molecule has 0 bridgehead atoms. The molecule has 0 aliphatic carbocycles. The van der Waals surface area contributed by atoms with Crippen LogP contribution in [-0.4, -0.2) is 45.0 Å². The quantitative estimate of drug-likeness (QED) is 0.323. The monoisotopic (exact) mass is 339 g/mol. The van der Waals surface area contributed by atoms with Gasteiger partial charge in [-0.05, 0) is 37.7 Å². The molecule has 1 aromatic carbocycles. The Morgan fingerprint density at radius 2 is 2.30 bits per heavy atom. The summed E-state index contributed by atoms with van der Waals surface area (Å²) in [4.78, 5) is 0. The Morgan fingerprint density at radius 1 is 1.43 bits per heavy atom. The van der Waals surface area contributed by atoms with Crippen molar-refractivity contribution in [3.63, 3.8) is 0 Å². The van der Waals surface area contributed by atoms with Gasteiger partial charge in [0.1, 0.15) is 0 Å². The van der Waals surface area contributed by atoms with Crippen LogP contribution in [0.1, 0.15) is 18.9 Å². The predicted octanol–water partition coefficient (Wildman–Crippen LogP) is 1.65. The van der Waals surface area contributed by atoms with Crippen molar-refractivity contribution in [3.05, 3.63) is 17.7 Å². The average Bonchev–Trinajstić information content (AvgIpc) is 3.02. The fourth-order valence-electron chi connectivity index (χ4n) is 1.95. The molecule has 23 heavy (non-hydrogen) atoms. The number of thiocarbonyl (C=S) groups is 1. The highest BCUT2D eigenvalue weighted by molar-refractivity contribution is 7.80. The SMILES string of the molecule is CCOCCCNC(=S)N/N=C\c1cc(OC)c2c(c1)OCO2. The molecule has 0 fully saturated rings. The zero-order valence-corrected chi connectivity index (χ0v) is 14.1. The van der Waals surface area contributed by atoms with Crippen molar-refractivity contribution in [1.29, 1.82) is 0 Å². The Bertz CT molecular complexity index is 566. The summed E-state index contributed by atoms with van der Waals surface area (Å²) in [7, 11) is 1.58. The number of nitrogens with zero attached hydrogens (tertiary/aromatic N) is 1. The molecule has 7 nitrogen and oxygen atoms in total. The zero-order valence-electron chi connectivity index (χ0n) is 13.3. The van der Waals surface area contributed by atoms with Crippen LogP contribution in [0.3, 0.4) is 0 Å². The van der Waals surface area contributed by atoms with Gasteiger partial charge in [-0.25, -0.2) is 0 Å². The van der Waals surface area contributed by atoms with E-state index >= 15 is 0 Å². The Labute approximate surface area is 140 Å². The number of methoxy groups -OCH3 is 1. The van der Waals surface area contributed by atoms with Gasteiger partial charge in [0.25, 0.3) is 0 Å². The number of fused-ring (bicyclic) bond motifs is 1. The van der Waals surface area contributed by atoms with Crippen LogP contribution in [0.25, 0.3) is 0 Å². The first-order chi connectivity index (χ1) is 11.2. The first-order valence-electron chi connectivity index (χ1n) is 7.37. The molecular formula is C15H21N3O4S. The highest BCUT2D eigenvalue weighted by Gasteiger charge is 2.19. The second-order valence-corrected chi connectivity index (χ2v) is 5.04. The largest absolute Gasteiger partial charge is 0.493 e. The third kappa shape index (κ3) is 5.26. The second kappa shape index (κ2) is 9.16. The van der Waals surface area contributed by atoms with Gasteiger partial charge in [-0.1, -0.05) is 0 Å². The summed E-state index contributed by atoms with van der Waals surface area (Å²) >= 11 is 5.13. The van der Waals surface area contributed by atoms with Gasteiger partial charge in [-0.2, -0.15) is 5.10 Å². The van der Waals surface area contributed by atoms with Crippen molar-refractivity contribution in [2.45, 2.75) is 13.3 Å². The molecule has 1 heterocycles. The van der Waals surface area contributed by atoms with Gasteiger partial charge in [-0.3, -0.25) is 5.43 Å². The lowest BCUT2D eigenvalue weighted by atomic mass is 10.2. The van der Waals surface area contributed by atoms with Crippen LogP contribution in [0.2, 0.25) is 0 Å². The standard InChI is InChI=1S/C15H21N3O4S/c1-3-20-6-4-5-16-15(23)18-17-9-11-7-12(19-2)14-13(8-11)21-10-22-14/h7-9H,3-6,10H2,1-2H3,(H2,16,18,23)/b17-9-. The van der Waals surface area contributed by atoms with E-state index in [2.05, 4.69) is 15.8 Å². The van der Waals surface area contributed by atoms with Gasteiger partial charge in [0.05, 0.1) is 13.3 Å². The Hall–Kier alpha value is -2.06. The molecule has 0 saturated carbocycles. The van der Waals surface area contributed by atoms with Gasteiger partial charge in [-0.15, -0.1) is 0 Å². The maximum absolute atomic E-state index is 5.36. The summed E-state index contributed by atoms with van der Waals surface area (Å²) in [6, 6.07) is 3.64. The molecule has 0 aromatic heterocycles. The fraction of sp³-hybridized carbons (Fsp3) is 0.467. The van der Waals surface area contributed by atoms with E-state index in [-0.39, 0.29) is 6.79 Å². The minimum absolute atomic E-state index is 0.195. The van der Waals surface area contributed by atoms with Crippen LogP contribution in [0.5, 0.6) is 17.2 Å². The molecule has 0 atom stereocenters. The van der Waals surface area contributed by atoms with Gasteiger partial charge in [0.15, 0.2) is 16.6 Å². The lowest BCUT2D eigenvalue weighted by molar-refractivity contribution is 0.145. The topological polar surface area (TPSA) is 73.3 Å². The number of hydrazone groups is 1. The van der Waals surface area contributed by atoms with Crippen molar-refractivity contribution < 1.29 is 18.9 Å². The normalized spacial score (nSPS) is 12.4. The number of hydrogen-bond acceptors (Lipinski definition) is 6. The van der Waals surface area contributed by atoms with E-state index in [1.54, 1.807) is 13.3 Å². The third-order valence-corrected chi connectivity index (χ3v) is 3.25. The van der Waals surface area contributed by atoms with Crippen LogP contribution in [-0.2, 0) is 4.74 Å². The molecule has 2 N–H and O–H groups in total. The van der Waals surface area contributed by atoms with Gasteiger partial charge < -0.3 is 24.3 Å². The van der Waals surface area contributed by atoms with Crippen LogP contribution < -0.4 is 25.0 Å². The number of nitrogens with one attached hydrogen (secondary N) is 2. The summed E-state index contributed by atoms with van der Waals surface area (Å²) in [5, 5.41) is 7.61. The smallest absolute Gasteiger partial charge is 0.231 e. The lowest BCUT2D eigenvalue weighted by Gasteiger charge is -2.07. The van der Waals surface area contributed by atoms with E-state index in [4.69, 9.17) is 31.2 Å². The van der Waals surface area contributed by atoms with Crippen LogP contribution in [0.15, 0.2) is 17.2 Å². The lowest BCUT2D eigenvalue weighted by Crippen LogP contribution is -2.33. The average molecular weight is 339 g/mol. The minimum Gasteiger partial charge on any atom is -0.493 e. The molecule has 0 spiro atoms. The molecule has 0 amide bonds. The van der Waals surface area contributed by atoms with E-state index in [1.165, 1.54) is 0 Å². The summed E-state index contributed by atoms with van der Waals surface area (Å²) < 4.78 is 21.2. The Kier molecular flexibility index (Phi) is 6.89. The number of benzene rings is 1. The molecule has 126 valence electrons. The number of hydrogen-bond donors (Lipinski definition) is 2. The third-order valence-electron chi connectivity index (χ3n) is 3.02. The molecule has 1 aromatic rings. The highest BCUT2D eigenvalue weighted by atomic mass is 32.1. The first-order valence-corrected chi connectivity index (χ1v) is 7.77. The van der Waals surface area contributed by atoms with Crippen molar-refractivity contribution >= 4 is 23.5 Å². The highest BCUT2D eigenvalue weighted by Crippen LogP contribution is 2.41. The molecule has 0 radical (unpaired) electrons.